The van der Waals surface area contributed by atoms with Crippen LogP contribution in [0.2, 0.25) is 0 Å². The van der Waals surface area contributed by atoms with Crippen molar-refractivity contribution in [1.29, 1.82) is 0 Å². The average Bonchev–Trinajstić information content (AvgIpc) is 2.61. The molecule has 0 fully saturated rings. The number of hydrogen-bond acceptors (Lipinski definition) is 4. The Balaban J connectivity index is 1.99. The van der Waals surface area contributed by atoms with Gasteiger partial charge in [-0.1, -0.05) is 26.0 Å². The highest BCUT2D eigenvalue weighted by molar-refractivity contribution is 7.80. The van der Waals surface area contributed by atoms with Crippen LogP contribution in [0.25, 0.3) is 0 Å². The fraction of sp³-hybridized carbons (Fsp3) is 0.211. The minimum Gasteiger partial charge on any atom is -0.497 e. The van der Waals surface area contributed by atoms with Gasteiger partial charge < -0.3 is 15.4 Å². The lowest BCUT2D eigenvalue weighted by molar-refractivity contribution is -0.118. The Hall–Kier alpha value is -2.93. The summed E-state index contributed by atoms with van der Waals surface area (Å²) in [7, 11) is 1.54. The van der Waals surface area contributed by atoms with Gasteiger partial charge in [0.15, 0.2) is 5.11 Å². The molecule has 6 nitrogen and oxygen atoms in total. The molecule has 0 spiro atoms. The molecule has 2 rings (SSSR count). The van der Waals surface area contributed by atoms with Gasteiger partial charge in [-0.3, -0.25) is 14.9 Å². The van der Waals surface area contributed by atoms with Gasteiger partial charge in [0.1, 0.15) is 5.75 Å². The molecule has 0 aliphatic rings. The van der Waals surface area contributed by atoms with Crippen molar-refractivity contribution in [3.8, 4) is 5.75 Å². The van der Waals surface area contributed by atoms with Crippen LogP contribution in [0, 0.1) is 5.92 Å². The fourth-order valence-electron chi connectivity index (χ4n) is 2.06. The van der Waals surface area contributed by atoms with Gasteiger partial charge in [-0.2, -0.15) is 0 Å². The van der Waals surface area contributed by atoms with Crippen molar-refractivity contribution < 1.29 is 14.3 Å². The third-order valence-corrected chi connectivity index (χ3v) is 3.68. The molecule has 2 aromatic rings. The lowest BCUT2D eigenvalue weighted by Gasteiger charge is -2.12. The fourth-order valence-corrected chi connectivity index (χ4v) is 2.27. The van der Waals surface area contributed by atoms with E-state index in [-0.39, 0.29) is 22.8 Å². The maximum absolute atomic E-state index is 12.2. The zero-order chi connectivity index (χ0) is 19.1. The molecule has 2 amide bonds. The van der Waals surface area contributed by atoms with Crippen molar-refractivity contribution in [3.63, 3.8) is 0 Å². The summed E-state index contributed by atoms with van der Waals surface area (Å²) in [6, 6.07) is 13.9. The van der Waals surface area contributed by atoms with Crippen molar-refractivity contribution in [3.05, 3.63) is 54.1 Å². The maximum Gasteiger partial charge on any atom is 0.257 e. The quantitative estimate of drug-likeness (QED) is 0.702. The van der Waals surface area contributed by atoms with Gasteiger partial charge in [0.25, 0.3) is 5.91 Å². The van der Waals surface area contributed by atoms with Crippen LogP contribution in [-0.4, -0.2) is 24.0 Å². The Morgan fingerprint density at radius 3 is 2.31 bits per heavy atom. The molecule has 0 heterocycles. The van der Waals surface area contributed by atoms with Crippen molar-refractivity contribution in [2.75, 3.05) is 17.7 Å². The molecule has 7 heteroatoms. The summed E-state index contributed by atoms with van der Waals surface area (Å²) in [6.07, 6.45) is 0. The van der Waals surface area contributed by atoms with Crippen LogP contribution >= 0.6 is 12.2 Å². The number of rotatable bonds is 5. The molecular weight excluding hydrogens is 350 g/mol. The Bertz CT molecular complexity index is 821. The number of hydrogen-bond donors (Lipinski definition) is 3. The highest BCUT2D eigenvalue weighted by Crippen LogP contribution is 2.16. The summed E-state index contributed by atoms with van der Waals surface area (Å²) in [5.74, 6) is 0.0571. The Morgan fingerprint density at radius 1 is 1.00 bits per heavy atom. The van der Waals surface area contributed by atoms with E-state index < -0.39 is 0 Å². The average molecular weight is 371 g/mol. The zero-order valence-corrected chi connectivity index (χ0v) is 15.6. The Kier molecular flexibility index (Phi) is 6.68. The van der Waals surface area contributed by atoms with Crippen LogP contribution in [0.5, 0.6) is 5.75 Å². The highest BCUT2D eigenvalue weighted by Gasteiger charge is 2.10. The summed E-state index contributed by atoms with van der Waals surface area (Å²) in [5, 5.41) is 8.51. The minimum absolute atomic E-state index is 0.0731. The SMILES string of the molecule is COc1cccc(C(=O)NC(=S)Nc2cccc(NC(=O)C(C)C)c2)c1. The molecule has 2 aromatic carbocycles. The number of thiocarbonyl (C=S) groups is 1. The topological polar surface area (TPSA) is 79.5 Å². The first-order valence-electron chi connectivity index (χ1n) is 8.06. The summed E-state index contributed by atoms with van der Waals surface area (Å²) in [4.78, 5) is 24.0. The molecule has 0 aromatic heterocycles. The number of methoxy groups -OCH3 is 1. The van der Waals surface area contributed by atoms with Gasteiger partial charge in [-0.15, -0.1) is 0 Å². The van der Waals surface area contributed by atoms with Gasteiger partial charge in [0.2, 0.25) is 5.91 Å². The van der Waals surface area contributed by atoms with Crippen LogP contribution in [0.3, 0.4) is 0 Å². The second-order valence-corrected chi connectivity index (χ2v) is 6.27. The lowest BCUT2D eigenvalue weighted by Crippen LogP contribution is -2.34. The monoisotopic (exact) mass is 371 g/mol. The van der Waals surface area contributed by atoms with Crippen molar-refractivity contribution in [2.24, 2.45) is 5.92 Å². The number of carbonyl (C=O) groups is 2. The van der Waals surface area contributed by atoms with Crippen LogP contribution in [0.15, 0.2) is 48.5 Å². The largest absolute Gasteiger partial charge is 0.497 e. The molecule has 0 bridgehead atoms. The second-order valence-electron chi connectivity index (χ2n) is 5.86. The van der Waals surface area contributed by atoms with E-state index >= 15 is 0 Å². The van der Waals surface area contributed by atoms with Crippen LogP contribution in [0.1, 0.15) is 24.2 Å². The van der Waals surface area contributed by atoms with Crippen LogP contribution in [-0.2, 0) is 4.79 Å². The van der Waals surface area contributed by atoms with Gasteiger partial charge in [-0.05, 0) is 48.6 Å². The molecule has 3 N–H and O–H groups in total. The minimum atomic E-state index is -0.342. The zero-order valence-electron chi connectivity index (χ0n) is 14.8. The van der Waals surface area contributed by atoms with E-state index in [0.29, 0.717) is 22.7 Å². The van der Waals surface area contributed by atoms with E-state index in [1.165, 1.54) is 7.11 Å². The van der Waals surface area contributed by atoms with E-state index in [9.17, 15) is 9.59 Å². The van der Waals surface area contributed by atoms with E-state index in [2.05, 4.69) is 16.0 Å². The van der Waals surface area contributed by atoms with Crippen LogP contribution < -0.4 is 20.7 Å². The van der Waals surface area contributed by atoms with Gasteiger partial charge >= 0.3 is 0 Å². The molecule has 0 atom stereocenters. The number of carbonyl (C=O) groups excluding carboxylic acids is 2. The third kappa shape index (κ3) is 5.56. The number of anilines is 2. The first-order valence-corrected chi connectivity index (χ1v) is 8.47. The Morgan fingerprint density at radius 2 is 1.65 bits per heavy atom. The molecule has 0 unspecified atom stereocenters. The maximum atomic E-state index is 12.2. The van der Waals surface area contributed by atoms with Gasteiger partial charge in [0, 0.05) is 22.9 Å². The van der Waals surface area contributed by atoms with Crippen LogP contribution in [0.4, 0.5) is 11.4 Å². The number of ether oxygens (including phenoxy) is 1. The summed E-state index contributed by atoms with van der Waals surface area (Å²) in [6.45, 7) is 3.64. The molecule has 136 valence electrons. The van der Waals surface area contributed by atoms with E-state index in [1.54, 1.807) is 48.5 Å². The summed E-state index contributed by atoms with van der Waals surface area (Å²) >= 11 is 5.18. The highest BCUT2D eigenvalue weighted by atomic mass is 32.1. The number of benzene rings is 2. The predicted octanol–water partition coefficient (Wildman–Crippen LogP) is 3.42. The van der Waals surface area contributed by atoms with Gasteiger partial charge in [0.05, 0.1) is 7.11 Å². The lowest BCUT2D eigenvalue weighted by atomic mass is 10.2. The van der Waals surface area contributed by atoms with Crippen molar-refractivity contribution in [2.45, 2.75) is 13.8 Å². The molecular formula is C19H21N3O3S. The molecule has 0 radical (unpaired) electrons. The Labute approximate surface area is 157 Å². The second kappa shape index (κ2) is 8.96. The first-order chi connectivity index (χ1) is 12.4. The van der Waals surface area contributed by atoms with Gasteiger partial charge in [-0.25, -0.2) is 0 Å². The van der Waals surface area contributed by atoms with E-state index in [0.717, 1.165) is 0 Å². The van der Waals surface area contributed by atoms with E-state index in [4.69, 9.17) is 17.0 Å². The normalized spacial score (nSPS) is 10.2. The standard InChI is InChI=1S/C19H21N3O3S/c1-12(2)17(23)20-14-7-5-8-15(11-14)21-19(26)22-18(24)13-6-4-9-16(10-13)25-3/h4-12H,1-3H3,(H,20,23)(H2,21,22,24,26). The predicted molar refractivity (Wildman–Crippen MR) is 107 cm³/mol. The van der Waals surface area contributed by atoms with Crippen molar-refractivity contribution >= 4 is 40.5 Å². The van der Waals surface area contributed by atoms with Crippen molar-refractivity contribution in [1.82, 2.24) is 5.32 Å². The molecule has 26 heavy (non-hydrogen) atoms. The van der Waals surface area contributed by atoms with E-state index in [1.807, 2.05) is 13.8 Å². The summed E-state index contributed by atoms with van der Waals surface area (Å²) < 4.78 is 5.10. The number of nitrogens with one attached hydrogen (secondary N) is 3. The molecule has 0 saturated carbocycles. The molecule has 0 saturated heterocycles. The molecule has 0 aliphatic heterocycles. The smallest absolute Gasteiger partial charge is 0.257 e. The summed E-state index contributed by atoms with van der Waals surface area (Å²) in [5.41, 5.74) is 1.74. The number of amides is 2. The molecule has 0 aliphatic carbocycles. The first kappa shape index (κ1) is 19.4. The third-order valence-electron chi connectivity index (χ3n) is 3.47.